The van der Waals surface area contributed by atoms with Gasteiger partial charge in [0.15, 0.2) is 0 Å². The van der Waals surface area contributed by atoms with Crippen molar-refractivity contribution in [3.05, 3.63) is 39.0 Å². The Hall–Kier alpha value is -1.22. The Morgan fingerprint density at radius 3 is 3.00 bits per heavy atom. The number of thiophene rings is 1. The monoisotopic (exact) mass is 235 g/mol. The van der Waals surface area contributed by atoms with Gasteiger partial charge in [-0.25, -0.2) is 4.98 Å². The topological polar surface area (TPSA) is 48.7 Å². The first kappa shape index (κ1) is 10.3. The summed E-state index contributed by atoms with van der Waals surface area (Å²) in [5.74, 6) is 0. The summed E-state index contributed by atoms with van der Waals surface area (Å²) in [7, 11) is 0. The fourth-order valence-electron chi connectivity index (χ4n) is 1.18. The summed E-state index contributed by atoms with van der Waals surface area (Å²) in [6, 6.07) is 5.97. The van der Waals surface area contributed by atoms with Gasteiger partial charge in [-0.1, -0.05) is 6.07 Å². The summed E-state index contributed by atoms with van der Waals surface area (Å²) in [5, 5.41) is 16.9. The lowest BCUT2D eigenvalue weighted by atomic mass is 10.3. The number of nitrogens with one attached hydrogen (secondary N) is 1. The summed E-state index contributed by atoms with van der Waals surface area (Å²) < 4.78 is 0. The molecule has 0 aliphatic rings. The molecular weight excluding hydrogens is 226 g/mol. The molecule has 0 amide bonds. The van der Waals surface area contributed by atoms with Crippen LogP contribution >= 0.6 is 22.7 Å². The van der Waals surface area contributed by atoms with Crippen molar-refractivity contribution in [3.8, 4) is 6.07 Å². The van der Waals surface area contributed by atoms with Crippen molar-refractivity contribution in [1.29, 1.82) is 5.26 Å². The van der Waals surface area contributed by atoms with E-state index in [0.29, 0.717) is 0 Å². The third-order valence-electron chi connectivity index (χ3n) is 1.89. The third kappa shape index (κ3) is 2.63. The second kappa shape index (κ2) is 5.03. The first-order chi connectivity index (χ1) is 7.40. The molecule has 0 aliphatic carbocycles. The number of rotatable bonds is 4. The predicted octanol–water partition coefficient (Wildman–Crippen LogP) is 2.56. The standard InChI is InChI=1S/C10H9N3S2/c11-6-9(10-12-3-5-15-10)13-7-8-2-1-4-14-8/h1-5,9,13H,7H2. The Morgan fingerprint density at radius 1 is 1.47 bits per heavy atom. The molecule has 0 aromatic carbocycles. The van der Waals surface area contributed by atoms with E-state index in [4.69, 9.17) is 5.26 Å². The van der Waals surface area contributed by atoms with Crippen LogP contribution in [0.3, 0.4) is 0 Å². The molecule has 2 aromatic heterocycles. The van der Waals surface area contributed by atoms with Crippen LogP contribution in [-0.2, 0) is 6.54 Å². The second-order valence-corrected chi connectivity index (χ2v) is 4.85. The van der Waals surface area contributed by atoms with Gasteiger partial charge in [0, 0.05) is 23.0 Å². The summed E-state index contributed by atoms with van der Waals surface area (Å²) in [6.07, 6.45) is 1.72. The van der Waals surface area contributed by atoms with Crippen LogP contribution in [0.4, 0.5) is 0 Å². The molecule has 2 heterocycles. The third-order valence-corrected chi connectivity index (χ3v) is 3.60. The molecule has 2 aromatic rings. The van der Waals surface area contributed by atoms with E-state index in [0.717, 1.165) is 11.6 Å². The number of nitrogens with zero attached hydrogens (tertiary/aromatic N) is 2. The molecule has 0 fully saturated rings. The number of thiazole rings is 1. The van der Waals surface area contributed by atoms with Crippen molar-refractivity contribution in [2.24, 2.45) is 0 Å². The van der Waals surface area contributed by atoms with Crippen LogP contribution < -0.4 is 5.32 Å². The van der Waals surface area contributed by atoms with E-state index in [1.54, 1.807) is 17.5 Å². The predicted molar refractivity (Wildman–Crippen MR) is 61.6 cm³/mol. The quantitative estimate of drug-likeness (QED) is 0.886. The van der Waals surface area contributed by atoms with E-state index in [1.165, 1.54) is 16.2 Å². The van der Waals surface area contributed by atoms with Gasteiger partial charge >= 0.3 is 0 Å². The Morgan fingerprint density at radius 2 is 2.40 bits per heavy atom. The van der Waals surface area contributed by atoms with E-state index < -0.39 is 0 Å². The highest BCUT2D eigenvalue weighted by Gasteiger charge is 2.11. The van der Waals surface area contributed by atoms with E-state index in [1.807, 2.05) is 22.9 Å². The molecule has 1 unspecified atom stereocenters. The molecule has 0 aliphatic heterocycles. The van der Waals surface area contributed by atoms with Crippen LogP contribution in [-0.4, -0.2) is 4.98 Å². The second-order valence-electron chi connectivity index (χ2n) is 2.89. The Balaban J connectivity index is 1.96. The number of aromatic nitrogens is 1. The summed E-state index contributed by atoms with van der Waals surface area (Å²) in [6.45, 7) is 0.718. The molecule has 2 rings (SSSR count). The fraction of sp³-hybridized carbons (Fsp3) is 0.200. The van der Waals surface area contributed by atoms with Gasteiger partial charge in [-0.3, -0.25) is 5.32 Å². The average molecular weight is 235 g/mol. The van der Waals surface area contributed by atoms with Gasteiger partial charge in [0.1, 0.15) is 11.0 Å². The minimum atomic E-state index is -0.299. The van der Waals surface area contributed by atoms with Gasteiger partial charge in [-0.15, -0.1) is 22.7 Å². The molecule has 0 bridgehead atoms. The number of hydrogen-bond donors (Lipinski definition) is 1. The highest BCUT2D eigenvalue weighted by atomic mass is 32.1. The molecule has 15 heavy (non-hydrogen) atoms. The van der Waals surface area contributed by atoms with E-state index >= 15 is 0 Å². The average Bonchev–Trinajstić information content (AvgIpc) is 2.90. The van der Waals surface area contributed by atoms with Crippen molar-refractivity contribution < 1.29 is 0 Å². The lowest BCUT2D eigenvalue weighted by Gasteiger charge is -2.06. The van der Waals surface area contributed by atoms with Crippen LogP contribution in [0.2, 0.25) is 0 Å². The highest BCUT2D eigenvalue weighted by molar-refractivity contribution is 7.10. The number of nitriles is 1. The zero-order valence-electron chi connectivity index (χ0n) is 7.88. The van der Waals surface area contributed by atoms with Crippen LogP contribution in [0, 0.1) is 11.3 Å². The van der Waals surface area contributed by atoms with E-state index in [9.17, 15) is 0 Å². The summed E-state index contributed by atoms with van der Waals surface area (Å²) >= 11 is 3.18. The Kier molecular flexibility index (Phi) is 3.45. The lowest BCUT2D eigenvalue weighted by molar-refractivity contribution is 0.632. The largest absolute Gasteiger partial charge is 0.291 e. The molecule has 0 saturated carbocycles. The van der Waals surface area contributed by atoms with Gasteiger partial charge in [-0.2, -0.15) is 5.26 Å². The summed E-state index contributed by atoms with van der Waals surface area (Å²) in [5.41, 5.74) is 0. The summed E-state index contributed by atoms with van der Waals surface area (Å²) in [4.78, 5) is 5.35. The van der Waals surface area contributed by atoms with Crippen molar-refractivity contribution in [3.63, 3.8) is 0 Å². The molecule has 1 N–H and O–H groups in total. The van der Waals surface area contributed by atoms with Crippen molar-refractivity contribution in [2.45, 2.75) is 12.6 Å². The molecule has 5 heteroatoms. The van der Waals surface area contributed by atoms with Crippen LogP contribution in [0.5, 0.6) is 0 Å². The first-order valence-corrected chi connectivity index (χ1v) is 6.21. The maximum absolute atomic E-state index is 8.98. The lowest BCUT2D eigenvalue weighted by Crippen LogP contribution is -2.18. The van der Waals surface area contributed by atoms with Gasteiger partial charge in [0.25, 0.3) is 0 Å². The molecular formula is C10H9N3S2. The molecule has 1 atom stereocenters. The molecule has 0 radical (unpaired) electrons. The first-order valence-electron chi connectivity index (χ1n) is 4.45. The fourth-order valence-corrected chi connectivity index (χ4v) is 2.49. The minimum absolute atomic E-state index is 0.299. The molecule has 3 nitrogen and oxygen atoms in total. The van der Waals surface area contributed by atoms with Crippen LogP contribution in [0.1, 0.15) is 15.9 Å². The van der Waals surface area contributed by atoms with Crippen molar-refractivity contribution in [2.75, 3.05) is 0 Å². The van der Waals surface area contributed by atoms with Gasteiger partial charge < -0.3 is 0 Å². The van der Waals surface area contributed by atoms with Gasteiger partial charge in [-0.05, 0) is 11.4 Å². The smallest absolute Gasteiger partial charge is 0.148 e. The minimum Gasteiger partial charge on any atom is -0.291 e. The van der Waals surface area contributed by atoms with Crippen molar-refractivity contribution >= 4 is 22.7 Å². The normalized spacial score (nSPS) is 12.2. The van der Waals surface area contributed by atoms with E-state index in [-0.39, 0.29) is 6.04 Å². The van der Waals surface area contributed by atoms with Gasteiger partial charge in [0.2, 0.25) is 0 Å². The highest BCUT2D eigenvalue weighted by Crippen LogP contribution is 2.16. The Bertz CT molecular complexity index is 428. The van der Waals surface area contributed by atoms with Gasteiger partial charge in [0.05, 0.1) is 6.07 Å². The Labute approximate surface area is 96.0 Å². The number of hydrogen-bond acceptors (Lipinski definition) is 5. The van der Waals surface area contributed by atoms with Crippen molar-refractivity contribution in [1.82, 2.24) is 10.3 Å². The molecule has 76 valence electrons. The zero-order valence-corrected chi connectivity index (χ0v) is 9.52. The SMILES string of the molecule is N#CC(NCc1cccs1)c1nccs1. The van der Waals surface area contributed by atoms with Crippen LogP contribution in [0.15, 0.2) is 29.1 Å². The zero-order chi connectivity index (χ0) is 10.5. The maximum Gasteiger partial charge on any atom is 0.148 e. The van der Waals surface area contributed by atoms with Crippen LogP contribution in [0.25, 0.3) is 0 Å². The molecule has 0 spiro atoms. The van der Waals surface area contributed by atoms with E-state index in [2.05, 4.69) is 16.4 Å². The maximum atomic E-state index is 8.98. The molecule has 0 saturated heterocycles.